The summed E-state index contributed by atoms with van der Waals surface area (Å²) < 4.78 is 16.9. The zero-order chi connectivity index (χ0) is 16.1. The van der Waals surface area contributed by atoms with E-state index in [1.54, 1.807) is 6.07 Å². The molecule has 0 bridgehead atoms. The number of aromatic amines is 1. The van der Waals surface area contributed by atoms with Gasteiger partial charge in [0, 0.05) is 5.59 Å². The Morgan fingerprint density at radius 3 is 2.41 bits per heavy atom. The van der Waals surface area contributed by atoms with E-state index in [1.165, 1.54) is 7.11 Å². The minimum atomic E-state index is -0.483. The Morgan fingerprint density at radius 1 is 1.18 bits per heavy atom. The normalized spacial score (nSPS) is 19.6. The molecule has 22 heavy (non-hydrogen) atoms. The van der Waals surface area contributed by atoms with Crippen molar-refractivity contribution in [1.82, 2.24) is 4.98 Å². The average molecular weight is 301 g/mol. The lowest BCUT2D eigenvalue weighted by Gasteiger charge is -2.32. The largest absolute Gasteiger partial charge is 0.512 e. The molecule has 1 aromatic heterocycles. The van der Waals surface area contributed by atoms with E-state index in [0.29, 0.717) is 5.56 Å². The molecule has 3 rings (SSSR count). The van der Waals surface area contributed by atoms with Gasteiger partial charge in [-0.15, -0.1) is 0 Å². The number of esters is 1. The molecule has 1 aromatic carbocycles. The Labute approximate surface area is 130 Å². The monoisotopic (exact) mass is 301 g/mol. The van der Waals surface area contributed by atoms with Gasteiger partial charge in [0.1, 0.15) is 0 Å². The summed E-state index contributed by atoms with van der Waals surface area (Å²) in [6.45, 7) is 8.04. The van der Waals surface area contributed by atoms with E-state index in [4.69, 9.17) is 14.0 Å². The molecule has 0 spiro atoms. The van der Waals surface area contributed by atoms with Crippen molar-refractivity contribution in [3.8, 4) is 0 Å². The Morgan fingerprint density at radius 2 is 1.82 bits per heavy atom. The molecule has 1 N–H and O–H groups in total. The van der Waals surface area contributed by atoms with E-state index in [0.717, 1.165) is 16.5 Å². The summed E-state index contributed by atoms with van der Waals surface area (Å²) in [7, 11) is 0.891. The molecule has 2 heterocycles. The van der Waals surface area contributed by atoms with E-state index in [-0.39, 0.29) is 5.97 Å². The van der Waals surface area contributed by atoms with Crippen LogP contribution in [0.3, 0.4) is 0 Å². The van der Waals surface area contributed by atoms with Crippen LogP contribution < -0.4 is 5.59 Å². The Bertz CT molecular complexity index is 719. The van der Waals surface area contributed by atoms with Crippen LogP contribution in [0.5, 0.6) is 0 Å². The number of hydrogen-bond acceptors (Lipinski definition) is 4. The fourth-order valence-corrected chi connectivity index (χ4v) is 2.55. The van der Waals surface area contributed by atoms with Gasteiger partial charge < -0.3 is 19.0 Å². The van der Waals surface area contributed by atoms with Crippen LogP contribution in [0.25, 0.3) is 10.9 Å². The van der Waals surface area contributed by atoms with E-state index in [9.17, 15) is 4.79 Å². The van der Waals surface area contributed by atoms with Gasteiger partial charge in [-0.05, 0) is 45.2 Å². The van der Waals surface area contributed by atoms with Gasteiger partial charge in [-0.2, -0.15) is 0 Å². The summed E-state index contributed by atoms with van der Waals surface area (Å²) in [6, 6.07) is 7.45. The summed E-state index contributed by atoms with van der Waals surface area (Å²) >= 11 is 0. The van der Waals surface area contributed by atoms with Crippen LogP contribution in [0, 0.1) is 0 Å². The number of aromatic nitrogens is 1. The molecule has 1 fully saturated rings. The average Bonchev–Trinajstić information content (AvgIpc) is 2.96. The smallest absolute Gasteiger partial charge is 0.465 e. The molecule has 2 aromatic rings. The molecule has 0 saturated carbocycles. The number of benzene rings is 1. The molecule has 1 saturated heterocycles. The van der Waals surface area contributed by atoms with E-state index >= 15 is 0 Å². The molecule has 0 aliphatic carbocycles. The Hall–Kier alpha value is -1.79. The number of para-hydroxylation sites is 1. The first kappa shape index (κ1) is 15.1. The van der Waals surface area contributed by atoms with Crippen molar-refractivity contribution in [1.29, 1.82) is 0 Å². The molecular weight excluding hydrogens is 281 g/mol. The predicted octanol–water partition coefficient (Wildman–Crippen LogP) is 2.25. The van der Waals surface area contributed by atoms with Gasteiger partial charge >= 0.3 is 13.1 Å². The van der Waals surface area contributed by atoms with E-state index < -0.39 is 18.3 Å². The number of methoxy groups -OCH3 is 1. The quantitative estimate of drug-likeness (QED) is 0.683. The molecule has 0 atom stereocenters. The number of nitrogens with one attached hydrogen (secondary N) is 1. The second kappa shape index (κ2) is 4.86. The van der Waals surface area contributed by atoms with Gasteiger partial charge in [-0.1, -0.05) is 12.1 Å². The number of carbonyl (C=O) groups excluding carboxylic acids is 1. The standard InChI is InChI=1S/C16H20BNO4/c1-15(2)16(3,4)22-17(21-15)12-9-10-7-6-8-11(13(10)18-12)14(19)20-5/h6-9,18H,1-5H3. The maximum absolute atomic E-state index is 11.9. The lowest BCUT2D eigenvalue weighted by Crippen LogP contribution is -2.41. The number of rotatable bonds is 2. The molecule has 1 aliphatic rings. The second-order valence-electron chi connectivity index (χ2n) is 6.57. The molecule has 5 nitrogen and oxygen atoms in total. The van der Waals surface area contributed by atoms with Gasteiger partial charge in [0.2, 0.25) is 0 Å². The number of ether oxygens (including phenoxy) is 1. The summed E-state index contributed by atoms with van der Waals surface area (Å²) in [4.78, 5) is 15.1. The minimum absolute atomic E-state index is 0.368. The van der Waals surface area contributed by atoms with E-state index in [1.807, 2.05) is 45.9 Å². The van der Waals surface area contributed by atoms with Crippen LogP contribution in [0.1, 0.15) is 38.1 Å². The number of fused-ring (bicyclic) bond motifs is 1. The number of H-pyrrole nitrogens is 1. The summed E-state index contributed by atoms with van der Waals surface area (Å²) in [6.07, 6.45) is 0. The maximum atomic E-state index is 11.9. The highest BCUT2D eigenvalue weighted by Crippen LogP contribution is 2.36. The Balaban J connectivity index is 2.02. The fraction of sp³-hybridized carbons (Fsp3) is 0.438. The summed E-state index contributed by atoms with van der Waals surface area (Å²) in [5, 5.41) is 0.924. The zero-order valence-electron chi connectivity index (χ0n) is 13.5. The van der Waals surface area contributed by atoms with Crippen LogP contribution in [0.15, 0.2) is 24.3 Å². The molecule has 1 aliphatic heterocycles. The summed E-state index contributed by atoms with van der Waals surface area (Å²) in [5.74, 6) is -0.368. The second-order valence-corrected chi connectivity index (χ2v) is 6.57. The van der Waals surface area contributed by atoms with Crippen LogP contribution in [-0.2, 0) is 14.0 Å². The molecular formula is C16H20BNO4. The van der Waals surface area contributed by atoms with Crippen LogP contribution in [-0.4, -0.2) is 36.4 Å². The highest BCUT2D eigenvalue weighted by atomic mass is 16.7. The van der Waals surface area contributed by atoms with Crippen LogP contribution in [0.2, 0.25) is 0 Å². The third kappa shape index (κ3) is 2.23. The third-order valence-electron chi connectivity index (χ3n) is 4.59. The topological polar surface area (TPSA) is 60.6 Å². The van der Waals surface area contributed by atoms with Crippen LogP contribution >= 0.6 is 0 Å². The lowest BCUT2D eigenvalue weighted by atomic mass is 9.85. The first-order valence-corrected chi connectivity index (χ1v) is 7.31. The highest BCUT2D eigenvalue weighted by Gasteiger charge is 2.52. The van der Waals surface area contributed by atoms with Gasteiger partial charge in [0.05, 0.1) is 29.4 Å². The SMILES string of the molecule is COC(=O)c1cccc2cc(B3OC(C)(C)C(C)(C)O3)[nH]c12. The molecule has 116 valence electrons. The van der Waals surface area contributed by atoms with E-state index in [2.05, 4.69) is 4.98 Å². The van der Waals surface area contributed by atoms with Crippen molar-refractivity contribution >= 4 is 29.6 Å². The van der Waals surface area contributed by atoms with Gasteiger partial charge in [0.25, 0.3) is 0 Å². The molecule has 0 unspecified atom stereocenters. The zero-order valence-corrected chi connectivity index (χ0v) is 13.5. The van der Waals surface area contributed by atoms with Gasteiger partial charge in [-0.3, -0.25) is 0 Å². The van der Waals surface area contributed by atoms with Crippen LogP contribution in [0.4, 0.5) is 0 Å². The minimum Gasteiger partial charge on any atom is -0.465 e. The van der Waals surface area contributed by atoms with Crippen molar-refractivity contribution in [2.45, 2.75) is 38.9 Å². The third-order valence-corrected chi connectivity index (χ3v) is 4.59. The Kier molecular flexibility index (Phi) is 3.34. The molecule has 6 heteroatoms. The van der Waals surface area contributed by atoms with Crippen molar-refractivity contribution in [3.63, 3.8) is 0 Å². The lowest BCUT2D eigenvalue weighted by molar-refractivity contribution is 0.00578. The van der Waals surface area contributed by atoms with Gasteiger partial charge in [0.15, 0.2) is 0 Å². The summed E-state index contributed by atoms with van der Waals surface area (Å²) in [5.41, 5.74) is 1.23. The first-order valence-electron chi connectivity index (χ1n) is 7.31. The van der Waals surface area contributed by atoms with Crippen molar-refractivity contribution in [2.75, 3.05) is 7.11 Å². The first-order chi connectivity index (χ1) is 10.2. The number of hydrogen-bond donors (Lipinski definition) is 1. The van der Waals surface area contributed by atoms with Crippen molar-refractivity contribution in [2.24, 2.45) is 0 Å². The van der Waals surface area contributed by atoms with Crippen molar-refractivity contribution < 1.29 is 18.8 Å². The van der Waals surface area contributed by atoms with Gasteiger partial charge in [-0.25, -0.2) is 4.79 Å². The number of carbonyl (C=O) groups is 1. The fourth-order valence-electron chi connectivity index (χ4n) is 2.55. The molecule has 0 radical (unpaired) electrons. The highest BCUT2D eigenvalue weighted by molar-refractivity contribution is 6.61. The predicted molar refractivity (Wildman–Crippen MR) is 85.4 cm³/mol. The van der Waals surface area contributed by atoms with Crippen molar-refractivity contribution in [3.05, 3.63) is 29.8 Å². The molecule has 0 amide bonds. The maximum Gasteiger partial charge on any atom is 0.512 e.